The molecule has 0 aliphatic heterocycles. The SMILES string of the molecule is Cc1cc([C@H](C)O)ncc1-c1cc2nc(NC(=O)C3CC3)sc2n2ncnc12. The molecular weight excluding hydrogens is 376 g/mol. The maximum atomic E-state index is 12.1. The van der Waals surface area contributed by atoms with E-state index < -0.39 is 6.10 Å². The van der Waals surface area contributed by atoms with E-state index in [0.717, 1.165) is 39.9 Å². The zero-order chi connectivity index (χ0) is 19.4. The van der Waals surface area contributed by atoms with Crippen molar-refractivity contribution in [2.24, 2.45) is 5.92 Å². The molecule has 1 fully saturated rings. The summed E-state index contributed by atoms with van der Waals surface area (Å²) in [6.07, 6.45) is 4.52. The van der Waals surface area contributed by atoms with Crippen molar-refractivity contribution in [2.75, 3.05) is 5.32 Å². The topological polar surface area (TPSA) is 105 Å². The Kier molecular flexibility index (Phi) is 3.88. The van der Waals surface area contributed by atoms with Gasteiger partial charge in [0.15, 0.2) is 10.8 Å². The van der Waals surface area contributed by atoms with E-state index in [0.29, 0.717) is 16.5 Å². The average molecular weight is 394 g/mol. The Bertz CT molecular complexity index is 1220. The first-order chi connectivity index (χ1) is 13.5. The van der Waals surface area contributed by atoms with Crippen molar-refractivity contribution < 1.29 is 9.90 Å². The van der Waals surface area contributed by atoms with E-state index in [1.165, 1.54) is 17.7 Å². The van der Waals surface area contributed by atoms with Crippen molar-refractivity contribution in [3.8, 4) is 11.1 Å². The van der Waals surface area contributed by atoms with Crippen LogP contribution in [-0.2, 0) is 4.79 Å². The molecule has 0 radical (unpaired) electrons. The van der Waals surface area contributed by atoms with Gasteiger partial charge < -0.3 is 10.4 Å². The van der Waals surface area contributed by atoms with Gasteiger partial charge in [-0.3, -0.25) is 9.78 Å². The first-order valence-corrected chi connectivity index (χ1v) is 9.92. The van der Waals surface area contributed by atoms with Gasteiger partial charge in [-0.05, 0) is 44.4 Å². The standard InChI is InChI=1S/C19H18N6O2S/c1-9-5-14(10(2)26)20-7-13(9)12-6-15-18(25-16(12)21-8-22-25)28-19(23-15)24-17(27)11-3-4-11/h5-8,10-11,26H,3-4H2,1-2H3,(H,23,24,27)/t10-/m0/s1. The van der Waals surface area contributed by atoms with Gasteiger partial charge in [-0.15, -0.1) is 0 Å². The second kappa shape index (κ2) is 6.32. The number of anilines is 1. The van der Waals surface area contributed by atoms with Crippen molar-refractivity contribution in [1.29, 1.82) is 0 Å². The van der Waals surface area contributed by atoms with Gasteiger partial charge in [0.25, 0.3) is 0 Å². The van der Waals surface area contributed by atoms with Crippen molar-refractivity contribution >= 4 is 38.4 Å². The van der Waals surface area contributed by atoms with E-state index in [2.05, 4.69) is 25.4 Å². The third kappa shape index (κ3) is 2.83. The summed E-state index contributed by atoms with van der Waals surface area (Å²) >= 11 is 1.39. The predicted molar refractivity (Wildman–Crippen MR) is 106 cm³/mol. The fourth-order valence-electron chi connectivity index (χ4n) is 3.24. The maximum Gasteiger partial charge on any atom is 0.229 e. The number of rotatable bonds is 4. The molecule has 9 heteroatoms. The number of fused-ring (bicyclic) bond motifs is 3. The summed E-state index contributed by atoms with van der Waals surface area (Å²) in [4.78, 5) is 26.3. The van der Waals surface area contributed by atoms with E-state index in [4.69, 9.17) is 0 Å². The molecule has 0 saturated heterocycles. The Morgan fingerprint density at radius 2 is 2.14 bits per heavy atom. The monoisotopic (exact) mass is 394 g/mol. The molecule has 4 aromatic heterocycles. The lowest BCUT2D eigenvalue weighted by Crippen LogP contribution is -2.12. The Morgan fingerprint density at radius 1 is 1.32 bits per heavy atom. The zero-order valence-electron chi connectivity index (χ0n) is 15.4. The average Bonchev–Trinajstić information content (AvgIpc) is 3.26. The molecule has 28 heavy (non-hydrogen) atoms. The van der Waals surface area contributed by atoms with Crippen molar-refractivity contribution in [2.45, 2.75) is 32.8 Å². The highest BCUT2D eigenvalue weighted by molar-refractivity contribution is 7.22. The highest BCUT2D eigenvalue weighted by Crippen LogP contribution is 2.35. The molecule has 4 aromatic rings. The normalized spacial score (nSPS) is 15.2. The maximum absolute atomic E-state index is 12.1. The van der Waals surface area contributed by atoms with Crippen LogP contribution in [0.5, 0.6) is 0 Å². The van der Waals surface area contributed by atoms with Gasteiger partial charge in [-0.25, -0.2) is 14.5 Å². The van der Waals surface area contributed by atoms with Crippen LogP contribution >= 0.6 is 11.3 Å². The third-order valence-corrected chi connectivity index (χ3v) is 5.89. The molecule has 1 atom stereocenters. The fraction of sp³-hybridized carbons (Fsp3) is 0.316. The van der Waals surface area contributed by atoms with Crippen LogP contribution in [0, 0.1) is 12.8 Å². The number of aryl methyl sites for hydroxylation is 1. The second-order valence-corrected chi connectivity index (χ2v) is 8.10. The predicted octanol–water partition coefficient (Wildman–Crippen LogP) is 3.11. The summed E-state index contributed by atoms with van der Waals surface area (Å²) in [5.41, 5.74) is 4.80. The molecule has 0 spiro atoms. The minimum Gasteiger partial charge on any atom is -0.387 e. The number of aliphatic hydroxyl groups is 1. The number of pyridine rings is 2. The first-order valence-electron chi connectivity index (χ1n) is 9.10. The van der Waals surface area contributed by atoms with E-state index in [1.807, 2.05) is 19.1 Å². The highest BCUT2D eigenvalue weighted by Gasteiger charge is 2.30. The molecule has 1 aliphatic carbocycles. The van der Waals surface area contributed by atoms with E-state index >= 15 is 0 Å². The van der Waals surface area contributed by atoms with Crippen LogP contribution in [0.25, 0.3) is 27.1 Å². The summed E-state index contributed by atoms with van der Waals surface area (Å²) < 4.78 is 1.75. The molecular formula is C19H18N6O2S. The summed E-state index contributed by atoms with van der Waals surface area (Å²) in [6.45, 7) is 3.67. The van der Waals surface area contributed by atoms with Crippen molar-refractivity contribution in [1.82, 2.24) is 24.6 Å². The Hall–Kier alpha value is -2.91. The molecule has 0 bridgehead atoms. The van der Waals surface area contributed by atoms with Crippen LogP contribution in [0.3, 0.4) is 0 Å². The van der Waals surface area contributed by atoms with Gasteiger partial charge in [-0.1, -0.05) is 11.3 Å². The molecule has 1 amide bonds. The second-order valence-electron chi connectivity index (χ2n) is 7.13. The van der Waals surface area contributed by atoms with Crippen molar-refractivity contribution in [3.05, 3.63) is 35.9 Å². The van der Waals surface area contributed by atoms with Crippen LogP contribution in [-0.4, -0.2) is 35.6 Å². The van der Waals surface area contributed by atoms with Gasteiger partial charge in [0.05, 0.1) is 11.8 Å². The number of hydrogen-bond donors (Lipinski definition) is 2. The van der Waals surface area contributed by atoms with E-state index in [9.17, 15) is 9.90 Å². The van der Waals surface area contributed by atoms with Crippen LogP contribution in [0.1, 0.15) is 37.1 Å². The van der Waals surface area contributed by atoms with Crippen LogP contribution < -0.4 is 5.32 Å². The number of amides is 1. The Morgan fingerprint density at radius 3 is 2.86 bits per heavy atom. The lowest BCUT2D eigenvalue weighted by atomic mass is 10.0. The molecule has 1 saturated carbocycles. The number of thiazole rings is 1. The number of carbonyl (C=O) groups is 1. The van der Waals surface area contributed by atoms with Gasteiger partial charge in [0.1, 0.15) is 16.7 Å². The minimum atomic E-state index is -0.625. The number of hydrogen-bond acceptors (Lipinski definition) is 7. The van der Waals surface area contributed by atoms with Crippen molar-refractivity contribution in [3.63, 3.8) is 0 Å². The number of nitrogens with zero attached hydrogens (tertiary/aromatic N) is 5. The summed E-state index contributed by atoms with van der Waals surface area (Å²) in [7, 11) is 0. The van der Waals surface area contributed by atoms with E-state index in [-0.39, 0.29) is 11.8 Å². The number of nitrogens with one attached hydrogen (secondary N) is 1. The smallest absolute Gasteiger partial charge is 0.229 e. The summed E-state index contributed by atoms with van der Waals surface area (Å²) in [5.74, 6) is 0.151. The molecule has 5 rings (SSSR count). The zero-order valence-corrected chi connectivity index (χ0v) is 16.2. The quantitative estimate of drug-likeness (QED) is 0.551. The molecule has 0 aromatic carbocycles. The van der Waals surface area contributed by atoms with Gasteiger partial charge in [-0.2, -0.15) is 5.10 Å². The molecule has 0 unspecified atom stereocenters. The number of carbonyl (C=O) groups excluding carboxylic acids is 1. The Labute approximate surface area is 164 Å². The van der Waals surface area contributed by atoms with Crippen LogP contribution in [0.4, 0.5) is 5.13 Å². The number of aliphatic hydroxyl groups excluding tert-OH is 1. The summed E-state index contributed by atoms with van der Waals surface area (Å²) in [5, 5.41) is 17.6. The minimum absolute atomic E-state index is 0.0304. The fourth-order valence-corrected chi connectivity index (χ4v) is 4.15. The molecule has 1 aliphatic rings. The highest BCUT2D eigenvalue weighted by atomic mass is 32.1. The lowest BCUT2D eigenvalue weighted by Gasteiger charge is -2.10. The summed E-state index contributed by atoms with van der Waals surface area (Å²) in [6, 6.07) is 3.83. The van der Waals surface area contributed by atoms with Gasteiger partial charge >= 0.3 is 0 Å². The van der Waals surface area contributed by atoms with E-state index in [1.54, 1.807) is 17.6 Å². The first kappa shape index (κ1) is 17.2. The number of aromatic nitrogens is 5. The van der Waals surface area contributed by atoms with Crippen LogP contribution in [0.2, 0.25) is 0 Å². The van der Waals surface area contributed by atoms with Gasteiger partial charge in [0, 0.05) is 23.2 Å². The molecule has 4 heterocycles. The lowest BCUT2D eigenvalue weighted by molar-refractivity contribution is -0.117. The molecule has 2 N–H and O–H groups in total. The molecule has 142 valence electrons. The van der Waals surface area contributed by atoms with Gasteiger partial charge in [0.2, 0.25) is 5.91 Å². The Balaban J connectivity index is 1.64. The van der Waals surface area contributed by atoms with Crippen LogP contribution in [0.15, 0.2) is 24.7 Å². The third-order valence-electron chi connectivity index (χ3n) is 4.92. The molecule has 8 nitrogen and oxygen atoms in total. The largest absolute Gasteiger partial charge is 0.387 e.